The molecule has 3 N–H and O–H groups in total. The molecule has 8 nitrogen and oxygen atoms in total. The topological polar surface area (TPSA) is 116 Å². The minimum absolute atomic E-state index is 0.0646. The zero-order valence-corrected chi connectivity index (χ0v) is 19.1. The highest BCUT2D eigenvalue weighted by Gasteiger charge is 2.31. The third-order valence-electron chi connectivity index (χ3n) is 4.81. The fourth-order valence-corrected chi connectivity index (χ4v) is 5.33. The largest absolute Gasteiger partial charge is 0.505 e. The van der Waals surface area contributed by atoms with Crippen molar-refractivity contribution < 1.29 is 28.2 Å². The molecule has 1 atom stereocenters. The van der Waals surface area contributed by atoms with Gasteiger partial charge in [-0.1, -0.05) is 27.5 Å². The Morgan fingerprint density at radius 2 is 2.10 bits per heavy atom. The van der Waals surface area contributed by atoms with Crippen LogP contribution in [-0.2, 0) is 10.0 Å². The van der Waals surface area contributed by atoms with E-state index in [-0.39, 0.29) is 39.6 Å². The number of carbonyl (C=O) groups excluding carboxylic acids is 1. The third kappa shape index (κ3) is 4.51. The minimum Gasteiger partial charge on any atom is -0.505 e. The molecule has 0 bridgehead atoms. The van der Waals surface area contributed by atoms with Gasteiger partial charge in [0.25, 0.3) is 15.9 Å². The third-order valence-corrected chi connectivity index (χ3v) is 6.91. The van der Waals surface area contributed by atoms with Crippen LogP contribution in [0.5, 0.6) is 11.5 Å². The summed E-state index contributed by atoms with van der Waals surface area (Å²) in [5, 5.41) is 20.2. The first kappa shape index (κ1) is 22.7. The van der Waals surface area contributed by atoms with Crippen LogP contribution in [0.3, 0.4) is 0 Å². The lowest BCUT2D eigenvalue weighted by molar-refractivity contribution is 0.0674. The van der Waals surface area contributed by atoms with Gasteiger partial charge in [0, 0.05) is 16.0 Å². The van der Waals surface area contributed by atoms with Crippen molar-refractivity contribution >= 4 is 49.1 Å². The normalized spacial score (nSPS) is 16.5. The Labute approximate surface area is 187 Å². The summed E-state index contributed by atoms with van der Waals surface area (Å²) >= 11 is 9.32. The van der Waals surface area contributed by atoms with Gasteiger partial charge in [-0.15, -0.1) is 0 Å². The summed E-state index contributed by atoms with van der Waals surface area (Å²) in [5.41, 5.74) is -0.394. The number of likely N-dealkylation sites (tertiary alicyclic amines) is 1. The van der Waals surface area contributed by atoms with Crippen molar-refractivity contribution in [1.82, 2.24) is 4.90 Å². The molecule has 30 heavy (non-hydrogen) atoms. The first-order chi connectivity index (χ1) is 14.2. The number of hydrogen-bond donors (Lipinski definition) is 3. The number of nitrogens with zero attached hydrogens (tertiary/aromatic N) is 1. The average molecular weight is 520 g/mol. The Bertz CT molecular complexity index is 1080. The van der Waals surface area contributed by atoms with Gasteiger partial charge in [0.05, 0.1) is 31.0 Å². The molecule has 162 valence electrons. The Hall–Kier alpha value is -2.01. The van der Waals surface area contributed by atoms with Crippen LogP contribution in [0.4, 0.5) is 5.69 Å². The van der Waals surface area contributed by atoms with E-state index in [1.54, 1.807) is 6.07 Å². The van der Waals surface area contributed by atoms with E-state index >= 15 is 0 Å². The number of aromatic hydroxyl groups is 1. The summed E-state index contributed by atoms with van der Waals surface area (Å²) in [5.74, 6) is -0.982. The Balaban J connectivity index is 2.00. The van der Waals surface area contributed by atoms with E-state index in [2.05, 4.69) is 20.7 Å². The first-order valence-electron chi connectivity index (χ1n) is 8.98. The molecule has 11 heteroatoms. The van der Waals surface area contributed by atoms with Gasteiger partial charge >= 0.3 is 0 Å². The Morgan fingerprint density at radius 1 is 1.37 bits per heavy atom. The van der Waals surface area contributed by atoms with Crippen molar-refractivity contribution in [3.63, 3.8) is 0 Å². The number of carbonyl (C=O) groups is 1. The number of sulfonamides is 1. The van der Waals surface area contributed by atoms with E-state index in [1.807, 2.05) is 0 Å². The van der Waals surface area contributed by atoms with Gasteiger partial charge in [-0.25, -0.2) is 8.42 Å². The van der Waals surface area contributed by atoms with E-state index < -0.39 is 21.7 Å². The van der Waals surface area contributed by atoms with Crippen LogP contribution in [0.2, 0.25) is 5.02 Å². The average Bonchev–Trinajstić information content (AvgIpc) is 3.18. The molecule has 0 aliphatic carbocycles. The van der Waals surface area contributed by atoms with Gasteiger partial charge in [-0.05, 0) is 43.2 Å². The van der Waals surface area contributed by atoms with Gasteiger partial charge < -0.3 is 19.8 Å². The molecule has 1 aliphatic heterocycles. The molecule has 1 amide bonds. The molecule has 2 aromatic carbocycles. The van der Waals surface area contributed by atoms with Crippen LogP contribution in [-0.4, -0.2) is 55.7 Å². The molecule has 1 aliphatic rings. The van der Waals surface area contributed by atoms with Crippen molar-refractivity contribution in [3.05, 3.63) is 45.4 Å². The molecule has 1 saturated heterocycles. The number of methoxy groups -OCH3 is 1. The van der Waals surface area contributed by atoms with Crippen molar-refractivity contribution in [2.45, 2.75) is 23.8 Å². The van der Waals surface area contributed by atoms with Crippen molar-refractivity contribution in [2.75, 3.05) is 25.0 Å². The fraction of sp³-hybridized carbons (Fsp3) is 0.316. The van der Waals surface area contributed by atoms with Crippen LogP contribution in [0.1, 0.15) is 23.2 Å². The highest BCUT2D eigenvalue weighted by molar-refractivity contribution is 9.10. The number of benzene rings is 2. The molecule has 0 spiro atoms. The summed E-state index contributed by atoms with van der Waals surface area (Å²) < 4.78 is 33.8. The number of hydrogen-bond acceptors (Lipinski definition) is 6. The molecule has 1 fully saturated rings. The Kier molecular flexibility index (Phi) is 6.81. The quantitative estimate of drug-likeness (QED) is 0.505. The lowest BCUT2D eigenvalue weighted by Gasteiger charge is -2.24. The standard InChI is InChI=1S/C19H20BrClN2O6S/c1-29-16-5-4-11(20)7-17(16)30(27,28)22-15-9-12(21)8-14(18(15)25)19(26)23-6-2-3-13(23)10-24/h4-5,7-9,13,22,24-25H,2-3,6,10H2,1H3/t13-/m0/s1. The van der Waals surface area contributed by atoms with E-state index in [4.69, 9.17) is 16.3 Å². The van der Waals surface area contributed by atoms with Crippen molar-refractivity contribution in [1.29, 1.82) is 0 Å². The summed E-state index contributed by atoms with van der Waals surface area (Å²) in [6.07, 6.45) is 1.37. The van der Waals surface area contributed by atoms with Crippen LogP contribution in [0.25, 0.3) is 0 Å². The summed E-state index contributed by atoms with van der Waals surface area (Å²) in [6.45, 7) is 0.224. The molecule has 0 unspecified atom stereocenters. The van der Waals surface area contributed by atoms with Crippen LogP contribution in [0.15, 0.2) is 39.7 Å². The van der Waals surface area contributed by atoms with E-state index in [0.29, 0.717) is 17.4 Å². The number of ether oxygens (including phenoxy) is 1. The second kappa shape index (κ2) is 9.01. The zero-order chi connectivity index (χ0) is 22.1. The van der Waals surface area contributed by atoms with Gasteiger partial charge in [0.2, 0.25) is 0 Å². The monoisotopic (exact) mass is 518 g/mol. The van der Waals surface area contributed by atoms with E-state index in [9.17, 15) is 23.4 Å². The van der Waals surface area contributed by atoms with E-state index in [1.165, 1.54) is 36.3 Å². The summed E-state index contributed by atoms with van der Waals surface area (Å²) in [6, 6.07) is 6.58. The van der Waals surface area contributed by atoms with Gasteiger partial charge in [0.15, 0.2) is 5.75 Å². The molecule has 0 radical (unpaired) electrons. The maximum Gasteiger partial charge on any atom is 0.265 e. The van der Waals surface area contributed by atoms with Crippen molar-refractivity contribution in [3.8, 4) is 11.5 Å². The molecule has 2 aromatic rings. The number of halogens is 2. The first-order valence-corrected chi connectivity index (χ1v) is 11.6. The zero-order valence-electron chi connectivity index (χ0n) is 15.9. The molecule has 1 heterocycles. The van der Waals surface area contributed by atoms with Gasteiger partial charge in [0.1, 0.15) is 10.6 Å². The molecular formula is C19H20BrClN2O6S. The summed E-state index contributed by atoms with van der Waals surface area (Å²) in [7, 11) is -2.85. The maximum atomic E-state index is 12.9. The summed E-state index contributed by atoms with van der Waals surface area (Å²) in [4.78, 5) is 14.2. The smallest absolute Gasteiger partial charge is 0.265 e. The van der Waals surface area contributed by atoms with Crippen molar-refractivity contribution in [2.24, 2.45) is 0 Å². The number of aliphatic hydroxyl groups excluding tert-OH is 1. The lowest BCUT2D eigenvalue weighted by atomic mass is 10.1. The highest BCUT2D eigenvalue weighted by atomic mass is 79.9. The predicted molar refractivity (Wildman–Crippen MR) is 116 cm³/mol. The molecule has 0 aromatic heterocycles. The lowest BCUT2D eigenvalue weighted by Crippen LogP contribution is -2.37. The van der Waals surface area contributed by atoms with Gasteiger partial charge in [-0.3, -0.25) is 9.52 Å². The molecule has 3 rings (SSSR count). The minimum atomic E-state index is -4.18. The number of anilines is 1. The number of nitrogens with one attached hydrogen (secondary N) is 1. The highest BCUT2D eigenvalue weighted by Crippen LogP contribution is 2.36. The second-order valence-corrected chi connectivity index (χ2v) is 9.73. The fourth-order valence-electron chi connectivity index (χ4n) is 3.35. The maximum absolute atomic E-state index is 12.9. The number of phenolic OH excluding ortho intramolecular Hbond substituents is 1. The predicted octanol–water partition coefficient (Wildman–Crippen LogP) is 3.21. The molecular weight excluding hydrogens is 500 g/mol. The number of amides is 1. The van der Waals surface area contributed by atoms with Gasteiger partial charge in [-0.2, -0.15) is 0 Å². The number of phenols is 1. The molecule has 0 saturated carbocycles. The Morgan fingerprint density at radius 3 is 2.77 bits per heavy atom. The van der Waals surface area contributed by atoms with Crippen LogP contribution < -0.4 is 9.46 Å². The van der Waals surface area contributed by atoms with Crippen LogP contribution in [0, 0.1) is 0 Å². The van der Waals surface area contributed by atoms with E-state index in [0.717, 1.165) is 6.42 Å². The number of rotatable bonds is 6. The second-order valence-electron chi connectivity index (χ2n) is 6.73. The van der Waals surface area contributed by atoms with Crippen LogP contribution >= 0.6 is 27.5 Å². The SMILES string of the molecule is COc1ccc(Br)cc1S(=O)(=O)Nc1cc(Cl)cc(C(=O)N2CCC[C@H]2CO)c1O. The number of aliphatic hydroxyl groups is 1.